The summed E-state index contributed by atoms with van der Waals surface area (Å²) in [5.41, 5.74) is 0. The Kier molecular flexibility index (Phi) is 5.85. The summed E-state index contributed by atoms with van der Waals surface area (Å²) in [7, 11) is 0. The summed E-state index contributed by atoms with van der Waals surface area (Å²) in [6.45, 7) is 0.685. The van der Waals surface area contributed by atoms with Gasteiger partial charge in [-0.25, -0.2) is 4.39 Å². The number of thiophene rings is 1. The topological polar surface area (TPSA) is 42.7 Å². The second kappa shape index (κ2) is 8.48. The van der Waals surface area contributed by atoms with Crippen LogP contribution in [0.15, 0.2) is 64.6 Å². The monoisotopic (exact) mass is 359 g/mol. The molecule has 130 valence electrons. The van der Waals surface area contributed by atoms with E-state index < -0.39 is 5.82 Å². The van der Waals surface area contributed by atoms with E-state index in [0.29, 0.717) is 18.8 Å². The molecule has 3 aromatic rings. The molecule has 4 nitrogen and oxygen atoms in total. The first-order valence-electron chi connectivity index (χ1n) is 7.92. The number of carbonyl (C=O) groups is 1. The molecule has 2 heterocycles. The number of para-hydroxylation sites is 1. The fraction of sp³-hybridized carbons (Fsp3) is 0.211. The van der Waals surface area contributed by atoms with Gasteiger partial charge in [-0.1, -0.05) is 18.2 Å². The molecule has 0 bridgehead atoms. The van der Waals surface area contributed by atoms with Crippen LogP contribution in [0.3, 0.4) is 0 Å². The number of carbonyl (C=O) groups excluding carboxylic acids is 1. The number of halogens is 1. The molecule has 25 heavy (non-hydrogen) atoms. The van der Waals surface area contributed by atoms with E-state index in [4.69, 9.17) is 9.15 Å². The van der Waals surface area contributed by atoms with Crippen LogP contribution in [0.5, 0.6) is 5.75 Å². The summed E-state index contributed by atoms with van der Waals surface area (Å²) in [5, 5.41) is 2.01. The minimum atomic E-state index is -0.480. The predicted octanol–water partition coefficient (Wildman–Crippen LogP) is 4.13. The number of hydrogen-bond donors (Lipinski definition) is 0. The van der Waals surface area contributed by atoms with Crippen molar-refractivity contribution in [3.8, 4) is 5.75 Å². The highest BCUT2D eigenvalue weighted by molar-refractivity contribution is 7.09. The Hall–Kier alpha value is -2.60. The molecule has 0 unspecified atom stereocenters. The first-order valence-corrected chi connectivity index (χ1v) is 8.80. The Morgan fingerprint density at radius 2 is 2.04 bits per heavy atom. The molecule has 0 aliphatic heterocycles. The molecular formula is C19H18FNO3S. The van der Waals surface area contributed by atoms with Crippen LogP contribution in [0.2, 0.25) is 0 Å². The standard InChI is InChI=1S/C19H18FNO3S/c20-17-7-1-2-8-18(17)24-14-19(22)21(13-15-5-3-11-23-15)10-9-16-6-4-12-25-16/h1-8,11-12H,9-10,13-14H2. The van der Waals surface area contributed by atoms with Gasteiger partial charge in [0.2, 0.25) is 0 Å². The van der Waals surface area contributed by atoms with E-state index in [1.807, 2.05) is 23.6 Å². The van der Waals surface area contributed by atoms with Crippen LogP contribution in [0.25, 0.3) is 0 Å². The Morgan fingerprint density at radius 3 is 2.76 bits per heavy atom. The van der Waals surface area contributed by atoms with Crippen LogP contribution in [0.4, 0.5) is 4.39 Å². The van der Waals surface area contributed by atoms with Gasteiger partial charge in [0.15, 0.2) is 18.2 Å². The van der Waals surface area contributed by atoms with Crippen LogP contribution in [0.1, 0.15) is 10.6 Å². The highest BCUT2D eigenvalue weighted by atomic mass is 32.1. The van der Waals surface area contributed by atoms with Gasteiger partial charge in [-0.2, -0.15) is 0 Å². The van der Waals surface area contributed by atoms with Crippen molar-refractivity contribution in [1.29, 1.82) is 0 Å². The van der Waals surface area contributed by atoms with Gasteiger partial charge in [0, 0.05) is 11.4 Å². The van der Waals surface area contributed by atoms with E-state index in [-0.39, 0.29) is 18.3 Å². The maximum atomic E-state index is 13.6. The zero-order valence-corrected chi connectivity index (χ0v) is 14.4. The van der Waals surface area contributed by atoms with E-state index in [1.165, 1.54) is 17.0 Å². The molecule has 0 N–H and O–H groups in total. The molecule has 0 atom stereocenters. The Morgan fingerprint density at radius 1 is 1.16 bits per heavy atom. The summed E-state index contributed by atoms with van der Waals surface area (Å²) >= 11 is 1.65. The second-order valence-electron chi connectivity index (χ2n) is 5.44. The van der Waals surface area contributed by atoms with Crippen LogP contribution in [0, 0.1) is 5.82 Å². The van der Waals surface area contributed by atoms with Gasteiger partial charge in [-0.15, -0.1) is 11.3 Å². The van der Waals surface area contributed by atoms with E-state index >= 15 is 0 Å². The molecule has 0 fully saturated rings. The molecule has 1 amide bonds. The SMILES string of the molecule is O=C(COc1ccccc1F)N(CCc1cccs1)Cc1ccco1. The number of nitrogens with zero attached hydrogens (tertiary/aromatic N) is 1. The third-order valence-corrected chi connectivity index (χ3v) is 4.61. The zero-order valence-electron chi connectivity index (χ0n) is 13.6. The fourth-order valence-corrected chi connectivity index (χ4v) is 3.07. The minimum absolute atomic E-state index is 0.0760. The second-order valence-corrected chi connectivity index (χ2v) is 6.48. The highest BCUT2D eigenvalue weighted by Crippen LogP contribution is 2.16. The normalized spacial score (nSPS) is 10.6. The van der Waals surface area contributed by atoms with E-state index in [0.717, 1.165) is 6.42 Å². The number of furan rings is 1. The third-order valence-electron chi connectivity index (χ3n) is 3.68. The van der Waals surface area contributed by atoms with Crippen molar-refractivity contribution in [2.24, 2.45) is 0 Å². The lowest BCUT2D eigenvalue weighted by molar-refractivity contribution is -0.134. The maximum Gasteiger partial charge on any atom is 0.260 e. The number of rotatable bonds is 8. The lowest BCUT2D eigenvalue weighted by Crippen LogP contribution is -2.36. The van der Waals surface area contributed by atoms with E-state index in [1.54, 1.807) is 40.7 Å². The summed E-state index contributed by atoms with van der Waals surface area (Å²) in [4.78, 5) is 15.4. The zero-order chi connectivity index (χ0) is 17.5. The van der Waals surface area contributed by atoms with Crippen molar-refractivity contribution in [1.82, 2.24) is 4.90 Å². The van der Waals surface area contributed by atoms with Crippen molar-refractivity contribution in [3.05, 3.63) is 76.6 Å². The van der Waals surface area contributed by atoms with Crippen molar-refractivity contribution in [2.45, 2.75) is 13.0 Å². The molecule has 1 aromatic carbocycles. The van der Waals surface area contributed by atoms with Crippen molar-refractivity contribution in [2.75, 3.05) is 13.2 Å². The largest absolute Gasteiger partial charge is 0.481 e. The third kappa shape index (κ3) is 4.93. The average Bonchev–Trinajstić information content (AvgIpc) is 3.31. The van der Waals surface area contributed by atoms with Crippen molar-refractivity contribution < 1.29 is 18.3 Å². The van der Waals surface area contributed by atoms with E-state index in [9.17, 15) is 9.18 Å². The van der Waals surface area contributed by atoms with E-state index in [2.05, 4.69) is 0 Å². The number of benzene rings is 1. The average molecular weight is 359 g/mol. The summed E-state index contributed by atoms with van der Waals surface area (Å²) < 4.78 is 24.3. The fourth-order valence-electron chi connectivity index (χ4n) is 2.38. The van der Waals surface area contributed by atoms with Crippen LogP contribution >= 0.6 is 11.3 Å². The Balaban J connectivity index is 1.62. The minimum Gasteiger partial charge on any atom is -0.481 e. The molecule has 6 heteroatoms. The molecule has 0 saturated heterocycles. The number of ether oxygens (including phenoxy) is 1. The Bertz CT molecular complexity index is 787. The first-order chi connectivity index (χ1) is 12.2. The van der Waals surface area contributed by atoms with Gasteiger partial charge in [0.25, 0.3) is 5.91 Å². The molecule has 0 aliphatic carbocycles. The van der Waals surface area contributed by atoms with Crippen LogP contribution in [-0.4, -0.2) is 24.0 Å². The molecule has 3 rings (SSSR count). The quantitative estimate of drug-likeness (QED) is 0.607. The van der Waals surface area contributed by atoms with Crippen molar-refractivity contribution in [3.63, 3.8) is 0 Å². The maximum absolute atomic E-state index is 13.6. The Labute approximate surface area is 149 Å². The van der Waals surface area contributed by atoms with Crippen LogP contribution in [-0.2, 0) is 17.8 Å². The predicted molar refractivity (Wildman–Crippen MR) is 94.0 cm³/mol. The summed E-state index contributed by atoms with van der Waals surface area (Å²) in [6.07, 6.45) is 2.33. The highest BCUT2D eigenvalue weighted by Gasteiger charge is 2.17. The van der Waals surface area contributed by atoms with Gasteiger partial charge in [0.05, 0.1) is 12.8 Å². The summed E-state index contributed by atoms with van der Waals surface area (Å²) in [6, 6.07) is 13.7. The van der Waals surface area contributed by atoms with Gasteiger partial charge in [-0.3, -0.25) is 4.79 Å². The molecule has 2 aromatic heterocycles. The number of amides is 1. The van der Waals surface area contributed by atoms with Gasteiger partial charge in [-0.05, 0) is 42.1 Å². The molecule has 0 aliphatic rings. The van der Waals surface area contributed by atoms with Gasteiger partial charge < -0.3 is 14.1 Å². The van der Waals surface area contributed by atoms with Gasteiger partial charge >= 0.3 is 0 Å². The lowest BCUT2D eigenvalue weighted by atomic mass is 10.3. The molecule has 0 radical (unpaired) electrons. The van der Waals surface area contributed by atoms with Crippen molar-refractivity contribution >= 4 is 17.2 Å². The summed E-state index contributed by atoms with van der Waals surface area (Å²) in [5.74, 6) is 0.0835. The molecular weight excluding hydrogens is 341 g/mol. The number of hydrogen-bond acceptors (Lipinski definition) is 4. The smallest absolute Gasteiger partial charge is 0.260 e. The van der Waals surface area contributed by atoms with Crippen LogP contribution < -0.4 is 4.74 Å². The molecule has 0 spiro atoms. The molecule has 0 saturated carbocycles. The first kappa shape index (κ1) is 17.2. The lowest BCUT2D eigenvalue weighted by Gasteiger charge is -2.21. The van der Waals surface area contributed by atoms with Gasteiger partial charge in [0.1, 0.15) is 5.76 Å².